The first-order valence-corrected chi connectivity index (χ1v) is 10.5. The molecule has 1 N–H and O–H groups in total. The quantitative estimate of drug-likeness (QED) is 0.744. The fraction of sp³-hybridized carbons (Fsp3) is 0.300. The molecule has 0 saturated carbocycles. The number of likely N-dealkylation sites (N-methyl/N-ethyl adjacent to an activating group) is 1. The number of sulfonamides is 1. The number of nitrogens with zero attached hydrogens (tertiary/aromatic N) is 2. The minimum absolute atomic E-state index is 0.188. The first kappa shape index (κ1) is 21.0. The number of piperazine rings is 1. The predicted octanol–water partition coefficient (Wildman–Crippen LogP) is 1.66. The van der Waals surface area contributed by atoms with Crippen molar-refractivity contribution in [3.05, 3.63) is 59.7 Å². The number of nitrogens with one attached hydrogen (secondary N) is 1. The molecule has 3 rings (SSSR count). The Bertz CT molecular complexity index is 997. The highest BCUT2D eigenvalue weighted by molar-refractivity contribution is 7.89. The highest BCUT2D eigenvalue weighted by atomic mass is 32.2. The van der Waals surface area contributed by atoms with Gasteiger partial charge in [-0.05, 0) is 49.5 Å². The van der Waals surface area contributed by atoms with E-state index in [0.717, 1.165) is 0 Å². The Labute approximate surface area is 170 Å². The maximum Gasteiger partial charge on any atom is 0.337 e. The van der Waals surface area contributed by atoms with Gasteiger partial charge in [-0.2, -0.15) is 4.31 Å². The number of amides is 1. The summed E-state index contributed by atoms with van der Waals surface area (Å²) in [6.45, 7) is 2.29. The number of esters is 1. The summed E-state index contributed by atoms with van der Waals surface area (Å²) in [5.41, 5.74) is 1.02. The van der Waals surface area contributed by atoms with Crippen LogP contribution in [0.4, 0.5) is 5.69 Å². The van der Waals surface area contributed by atoms with E-state index in [1.54, 1.807) is 30.3 Å². The van der Waals surface area contributed by atoms with E-state index < -0.39 is 21.9 Å². The van der Waals surface area contributed by atoms with Crippen LogP contribution in [0.25, 0.3) is 0 Å². The molecule has 0 spiro atoms. The molecule has 0 aliphatic carbocycles. The molecule has 0 unspecified atom stereocenters. The van der Waals surface area contributed by atoms with Crippen LogP contribution in [0, 0.1) is 0 Å². The van der Waals surface area contributed by atoms with Crippen molar-refractivity contribution in [1.82, 2.24) is 9.21 Å². The van der Waals surface area contributed by atoms with E-state index in [4.69, 9.17) is 0 Å². The second-order valence-corrected chi connectivity index (χ2v) is 8.70. The Balaban J connectivity index is 1.71. The Morgan fingerprint density at radius 3 is 2.21 bits per heavy atom. The third-order valence-corrected chi connectivity index (χ3v) is 6.67. The Morgan fingerprint density at radius 1 is 0.966 bits per heavy atom. The van der Waals surface area contributed by atoms with Crippen LogP contribution < -0.4 is 5.32 Å². The van der Waals surface area contributed by atoms with E-state index in [0.29, 0.717) is 37.4 Å². The number of ether oxygens (including phenoxy) is 1. The van der Waals surface area contributed by atoms with E-state index in [1.807, 2.05) is 7.05 Å². The molecule has 9 heteroatoms. The fourth-order valence-corrected chi connectivity index (χ4v) is 4.42. The second kappa shape index (κ2) is 8.73. The molecular formula is C20H23N3O5S. The van der Waals surface area contributed by atoms with Crippen LogP contribution >= 0.6 is 0 Å². The molecule has 1 aliphatic heterocycles. The van der Waals surface area contributed by atoms with Gasteiger partial charge in [0.05, 0.1) is 17.6 Å². The third kappa shape index (κ3) is 4.81. The number of anilines is 1. The third-order valence-electron chi connectivity index (χ3n) is 4.76. The van der Waals surface area contributed by atoms with Gasteiger partial charge in [0, 0.05) is 37.4 Å². The summed E-state index contributed by atoms with van der Waals surface area (Å²) in [4.78, 5) is 26.3. The summed E-state index contributed by atoms with van der Waals surface area (Å²) < 4.78 is 31.6. The van der Waals surface area contributed by atoms with Gasteiger partial charge in [0.1, 0.15) is 0 Å². The number of methoxy groups -OCH3 is 1. The molecule has 29 heavy (non-hydrogen) atoms. The molecule has 0 bridgehead atoms. The molecule has 1 fully saturated rings. The van der Waals surface area contributed by atoms with E-state index in [2.05, 4.69) is 15.0 Å². The summed E-state index contributed by atoms with van der Waals surface area (Å²) in [5, 5.41) is 2.70. The molecule has 154 valence electrons. The number of rotatable bonds is 5. The van der Waals surface area contributed by atoms with Crippen LogP contribution in [0.1, 0.15) is 20.7 Å². The minimum Gasteiger partial charge on any atom is -0.465 e. The number of carbonyl (C=O) groups excluding carboxylic acids is 2. The summed E-state index contributed by atoms with van der Waals surface area (Å²) in [5.74, 6) is -0.941. The Hall–Kier alpha value is -2.75. The van der Waals surface area contributed by atoms with Crippen LogP contribution in [0.3, 0.4) is 0 Å². The average Bonchev–Trinajstić information content (AvgIpc) is 2.74. The highest BCUT2D eigenvalue weighted by Crippen LogP contribution is 2.20. The molecule has 0 radical (unpaired) electrons. The molecule has 8 nitrogen and oxygen atoms in total. The van der Waals surface area contributed by atoms with Gasteiger partial charge in [-0.3, -0.25) is 4.79 Å². The zero-order chi connectivity index (χ0) is 21.0. The maximum absolute atomic E-state index is 12.8. The van der Waals surface area contributed by atoms with Gasteiger partial charge >= 0.3 is 5.97 Å². The van der Waals surface area contributed by atoms with Crippen LogP contribution in [-0.4, -0.2) is 69.8 Å². The molecular weight excluding hydrogens is 394 g/mol. The zero-order valence-electron chi connectivity index (χ0n) is 16.3. The van der Waals surface area contributed by atoms with Crippen LogP contribution in [0.15, 0.2) is 53.4 Å². The van der Waals surface area contributed by atoms with Gasteiger partial charge in [-0.15, -0.1) is 0 Å². The van der Waals surface area contributed by atoms with Gasteiger partial charge in [0.2, 0.25) is 10.0 Å². The van der Waals surface area contributed by atoms with Crippen molar-refractivity contribution in [2.24, 2.45) is 0 Å². The summed E-state index contributed by atoms with van der Waals surface area (Å²) in [7, 11) is -0.327. The Morgan fingerprint density at radius 2 is 1.59 bits per heavy atom. The molecule has 0 atom stereocenters. The zero-order valence-corrected chi connectivity index (χ0v) is 17.1. The van der Waals surface area contributed by atoms with Crippen molar-refractivity contribution in [1.29, 1.82) is 0 Å². The average molecular weight is 417 g/mol. The normalized spacial score (nSPS) is 15.7. The SMILES string of the molecule is COC(=O)c1cccc(C(=O)Nc2ccc(S(=O)(=O)N3CCN(C)CC3)cc2)c1. The second-order valence-electron chi connectivity index (χ2n) is 6.76. The van der Waals surface area contributed by atoms with Crippen molar-refractivity contribution in [2.45, 2.75) is 4.90 Å². The molecule has 1 saturated heterocycles. The van der Waals surface area contributed by atoms with Crippen LogP contribution in [0.5, 0.6) is 0 Å². The summed E-state index contributed by atoms with van der Waals surface area (Å²) in [6.07, 6.45) is 0. The summed E-state index contributed by atoms with van der Waals surface area (Å²) >= 11 is 0. The lowest BCUT2D eigenvalue weighted by molar-refractivity contribution is 0.0600. The lowest BCUT2D eigenvalue weighted by atomic mass is 10.1. The fourth-order valence-electron chi connectivity index (χ4n) is 3.00. The smallest absolute Gasteiger partial charge is 0.337 e. The largest absolute Gasteiger partial charge is 0.465 e. The first-order chi connectivity index (χ1) is 13.8. The first-order valence-electron chi connectivity index (χ1n) is 9.10. The lowest BCUT2D eigenvalue weighted by Crippen LogP contribution is -2.46. The van der Waals surface area contributed by atoms with E-state index in [-0.39, 0.29) is 10.5 Å². The van der Waals surface area contributed by atoms with Crippen LogP contribution in [-0.2, 0) is 14.8 Å². The van der Waals surface area contributed by atoms with Gasteiger partial charge in [-0.1, -0.05) is 6.07 Å². The van der Waals surface area contributed by atoms with Gasteiger partial charge in [-0.25, -0.2) is 13.2 Å². The molecule has 1 amide bonds. The van der Waals surface area contributed by atoms with Crippen molar-refractivity contribution >= 4 is 27.6 Å². The van der Waals surface area contributed by atoms with Crippen LogP contribution in [0.2, 0.25) is 0 Å². The molecule has 1 heterocycles. The lowest BCUT2D eigenvalue weighted by Gasteiger charge is -2.31. The topological polar surface area (TPSA) is 96.0 Å². The van der Waals surface area contributed by atoms with Crippen molar-refractivity contribution in [3.8, 4) is 0 Å². The van der Waals surface area contributed by atoms with Gasteiger partial charge < -0.3 is 15.0 Å². The molecule has 2 aromatic rings. The number of carbonyl (C=O) groups is 2. The number of benzene rings is 2. The standard InChI is InChI=1S/C20H23N3O5S/c1-22-10-12-23(13-11-22)29(26,27)18-8-6-17(7-9-18)21-19(24)15-4-3-5-16(14-15)20(25)28-2/h3-9,14H,10-13H2,1-2H3,(H,21,24). The van der Waals surface area contributed by atoms with E-state index in [9.17, 15) is 18.0 Å². The van der Waals surface area contributed by atoms with E-state index >= 15 is 0 Å². The van der Waals surface area contributed by atoms with Crippen molar-refractivity contribution < 1.29 is 22.7 Å². The predicted molar refractivity (Wildman–Crippen MR) is 108 cm³/mol. The maximum atomic E-state index is 12.8. The van der Waals surface area contributed by atoms with Crippen molar-refractivity contribution in [3.63, 3.8) is 0 Å². The number of hydrogen-bond donors (Lipinski definition) is 1. The molecule has 0 aromatic heterocycles. The Kier molecular flexibility index (Phi) is 6.31. The van der Waals surface area contributed by atoms with Crippen molar-refractivity contribution in [2.75, 3.05) is 45.7 Å². The minimum atomic E-state index is -3.56. The van der Waals surface area contributed by atoms with E-state index in [1.165, 1.54) is 29.6 Å². The summed E-state index contributed by atoms with van der Waals surface area (Å²) in [6, 6.07) is 12.2. The van der Waals surface area contributed by atoms with Gasteiger partial charge in [0.25, 0.3) is 5.91 Å². The number of hydrogen-bond acceptors (Lipinski definition) is 6. The van der Waals surface area contributed by atoms with Gasteiger partial charge in [0.15, 0.2) is 0 Å². The monoisotopic (exact) mass is 417 g/mol. The molecule has 2 aromatic carbocycles. The molecule has 1 aliphatic rings. The highest BCUT2D eigenvalue weighted by Gasteiger charge is 2.27.